The second-order valence-electron chi connectivity index (χ2n) is 4.53. The molecule has 2 rings (SSSR count). The SMILES string of the molecule is COc1ccc(C(c2ccc(Cl)cc2)C(N)C(=O)O)cn1. The van der Waals surface area contributed by atoms with Crippen LogP contribution in [0, 0.1) is 0 Å². The minimum Gasteiger partial charge on any atom is -0.481 e. The maximum atomic E-state index is 11.3. The first kappa shape index (κ1) is 15.3. The molecule has 2 atom stereocenters. The molecule has 0 saturated carbocycles. The van der Waals surface area contributed by atoms with Crippen molar-refractivity contribution in [2.24, 2.45) is 5.73 Å². The Morgan fingerprint density at radius 1 is 1.24 bits per heavy atom. The molecular formula is C15H15ClN2O3. The lowest BCUT2D eigenvalue weighted by Crippen LogP contribution is -2.37. The quantitative estimate of drug-likeness (QED) is 0.885. The molecule has 2 aromatic rings. The van der Waals surface area contributed by atoms with Crippen LogP contribution in [0.25, 0.3) is 0 Å². The lowest BCUT2D eigenvalue weighted by molar-refractivity contribution is -0.138. The van der Waals surface area contributed by atoms with E-state index < -0.39 is 17.9 Å². The molecule has 1 heterocycles. The molecule has 0 aliphatic carbocycles. The number of aliphatic carboxylic acids is 1. The molecule has 3 N–H and O–H groups in total. The Morgan fingerprint density at radius 3 is 2.33 bits per heavy atom. The number of pyridine rings is 1. The third kappa shape index (κ3) is 3.51. The lowest BCUT2D eigenvalue weighted by atomic mass is 9.86. The van der Waals surface area contributed by atoms with E-state index in [2.05, 4.69) is 4.98 Å². The summed E-state index contributed by atoms with van der Waals surface area (Å²) in [4.78, 5) is 15.4. The molecule has 0 radical (unpaired) electrons. The first-order valence-corrected chi connectivity index (χ1v) is 6.64. The summed E-state index contributed by atoms with van der Waals surface area (Å²) >= 11 is 5.87. The zero-order chi connectivity index (χ0) is 15.4. The number of carboxylic acid groups (broad SMARTS) is 1. The van der Waals surface area contributed by atoms with Crippen molar-refractivity contribution in [3.8, 4) is 5.88 Å². The number of rotatable bonds is 5. The van der Waals surface area contributed by atoms with Crippen molar-refractivity contribution in [1.29, 1.82) is 0 Å². The number of halogens is 1. The molecule has 0 amide bonds. The van der Waals surface area contributed by atoms with Crippen LogP contribution in [0.15, 0.2) is 42.6 Å². The average Bonchev–Trinajstić information content (AvgIpc) is 2.50. The van der Waals surface area contributed by atoms with Crippen LogP contribution in [0.1, 0.15) is 17.0 Å². The average molecular weight is 307 g/mol. The van der Waals surface area contributed by atoms with Gasteiger partial charge in [0.25, 0.3) is 0 Å². The number of methoxy groups -OCH3 is 1. The van der Waals surface area contributed by atoms with Crippen molar-refractivity contribution >= 4 is 17.6 Å². The van der Waals surface area contributed by atoms with Gasteiger partial charge in [0.2, 0.25) is 5.88 Å². The molecule has 0 aliphatic rings. The number of benzene rings is 1. The lowest BCUT2D eigenvalue weighted by Gasteiger charge is -2.21. The third-order valence-corrected chi connectivity index (χ3v) is 3.45. The number of nitrogens with zero attached hydrogens (tertiary/aromatic N) is 1. The van der Waals surface area contributed by atoms with Crippen LogP contribution >= 0.6 is 11.6 Å². The minimum absolute atomic E-state index is 0.456. The number of nitrogens with two attached hydrogens (primary N) is 1. The number of aromatic nitrogens is 1. The van der Waals surface area contributed by atoms with E-state index in [1.165, 1.54) is 7.11 Å². The van der Waals surface area contributed by atoms with Crippen molar-refractivity contribution in [2.45, 2.75) is 12.0 Å². The fraction of sp³-hybridized carbons (Fsp3) is 0.200. The monoisotopic (exact) mass is 306 g/mol. The van der Waals surface area contributed by atoms with Gasteiger partial charge in [-0.25, -0.2) is 4.98 Å². The molecule has 0 saturated heterocycles. The third-order valence-electron chi connectivity index (χ3n) is 3.20. The van der Waals surface area contributed by atoms with E-state index in [1.54, 1.807) is 42.6 Å². The summed E-state index contributed by atoms with van der Waals surface area (Å²) in [6.45, 7) is 0. The van der Waals surface area contributed by atoms with E-state index in [4.69, 9.17) is 22.1 Å². The Morgan fingerprint density at radius 2 is 1.86 bits per heavy atom. The first-order valence-electron chi connectivity index (χ1n) is 6.26. The van der Waals surface area contributed by atoms with Gasteiger partial charge >= 0.3 is 5.97 Å². The van der Waals surface area contributed by atoms with Gasteiger partial charge in [0.15, 0.2) is 0 Å². The number of carboxylic acids is 1. The summed E-state index contributed by atoms with van der Waals surface area (Å²) in [5, 5.41) is 9.81. The second kappa shape index (κ2) is 6.56. The summed E-state index contributed by atoms with van der Waals surface area (Å²) in [7, 11) is 1.52. The molecule has 2 unspecified atom stereocenters. The van der Waals surface area contributed by atoms with E-state index in [-0.39, 0.29) is 0 Å². The summed E-state index contributed by atoms with van der Waals surface area (Å²) in [5.74, 6) is -1.14. The Labute approximate surface area is 127 Å². The number of ether oxygens (including phenoxy) is 1. The van der Waals surface area contributed by atoms with E-state index in [0.29, 0.717) is 16.5 Å². The summed E-state index contributed by atoms with van der Waals surface area (Å²) < 4.78 is 5.00. The molecule has 1 aromatic heterocycles. The number of carbonyl (C=O) groups is 1. The van der Waals surface area contributed by atoms with Crippen molar-refractivity contribution < 1.29 is 14.6 Å². The Hall–Kier alpha value is -2.11. The van der Waals surface area contributed by atoms with Gasteiger partial charge in [0, 0.05) is 23.2 Å². The van der Waals surface area contributed by atoms with Gasteiger partial charge in [-0.1, -0.05) is 29.8 Å². The molecule has 0 bridgehead atoms. The van der Waals surface area contributed by atoms with Gasteiger partial charge in [0.05, 0.1) is 7.11 Å². The molecule has 21 heavy (non-hydrogen) atoms. The van der Waals surface area contributed by atoms with Crippen molar-refractivity contribution in [3.05, 3.63) is 58.7 Å². The molecule has 1 aromatic carbocycles. The van der Waals surface area contributed by atoms with Gasteiger partial charge in [-0.3, -0.25) is 4.79 Å². The normalized spacial score (nSPS) is 13.5. The van der Waals surface area contributed by atoms with Crippen LogP contribution in [0.2, 0.25) is 5.02 Å². The zero-order valence-corrected chi connectivity index (χ0v) is 12.1. The first-order chi connectivity index (χ1) is 10.0. The second-order valence-corrected chi connectivity index (χ2v) is 4.96. The largest absolute Gasteiger partial charge is 0.481 e. The van der Waals surface area contributed by atoms with E-state index in [1.807, 2.05) is 0 Å². The maximum Gasteiger partial charge on any atom is 0.321 e. The topological polar surface area (TPSA) is 85.4 Å². The summed E-state index contributed by atoms with van der Waals surface area (Å²) in [5.41, 5.74) is 7.31. The van der Waals surface area contributed by atoms with Crippen LogP contribution < -0.4 is 10.5 Å². The molecule has 6 heteroatoms. The van der Waals surface area contributed by atoms with Gasteiger partial charge in [0.1, 0.15) is 6.04 Å². The van der Waals surface area contributed by atoms with Crippen molar-refractivity contribution in [1.82, 2.24) is 4.98 Å². The molecule has 110 valence electrons. The van der Waals surface area contributed by atoms with Crippen LogP contribution in [-0.4, -0.2) is 29.2 Å². The molecule has 5 nitrogen and oxygen atoms in total. The Balaban J connectivity index is 2.44. The molecule has 0 spiro atoms. The van der Waals surface area contributed by atoms with E-state index in [0.717, 1.165) is 5.56 Å². The summed E-state index contributed by atoms with van der Waals surface area (Å²) in [6, 6.07) is 9.28. The fourth-order valence-electron chi connectivity index (χ4n) is 2.12. The number of hydrogen-bond acceptors (Lipinski definition) is 4. The van der Waals surface area contributed by atoms with Gasteiger partial charge < -0.3 is 15.6 Å². The maximum absolute atomic E-state index is 11.3. The van der Waals surface area contributed by atoms with Crippen molar-refractivity contribution in [3.63, 3.8) is 0 Å². The van der Waals surface area contributed by atoms with Crippen LogP contribution in [0.3, 0.4) is 0 Å². The fourth-order valence-corrected chi connectivity index (χ4v) is 2.24. The standard InChI is InChI=1S/C15H15ClN2O3/c1-21-12-7-4-10(8-18-12)13(14(17)15(19)20)9-2-5-11(16)6-3-9/h2-8,13-14H,17H2,1H3,(H,19,20). The highest BCUT2D eigenvalue weighted by Gasteiger charge is 2.27. The van der Waals surface area contributed by atoms with Crippen LogP contribution in [-0.2, 0) is 4.79 Å². The molecule has 0 aliphatic heterocycles. The Kier molecular flexibility index (Phi) is 4.77. The van der Waals surface area contributed by atoms with Crippen LogP contribution in [0.5, 0.6) is 5.88 Å². The Bertz CT molecular complexity index is 614. The minimum atomic E-state index is -1.08. The number of hydrogen-bond donors (Lipinski definition) is 2. The van der Waals surface area contributed by atoms with Gasteiger partial charge in [-0.2, -0.15) is 0 Å². The zero-order valence-electron chi connectivity index (χ0n) is 11.4. The highest BCUT2D eigenvalue weighted by molar-refractivity contribution is 6.30. The predicted octanol–water partition coefficient (Wildman–Crippen LogP) is 2.29. The van der Waals surface area contributed by atoms with E-state index >= 15 is 0 Å². The van der Waals surface area contributed by atoms with E-state index in [9.17, 15) is 9.90 Å². The van der Waals surface area contributed by atoms with Crippen LogP contribution in [0.4, 0.5) is 0 Å². The smallest absolute Gasteiger partial charge is 0.321 e. The highest BCUT2D eigenvalue weighted by Crippen LogP contribution is 2.28. The van der Waals surface area contributed by atoms with Crippen molar-refractivity contribution in [2.75, 3.05) is 7.11 Å². The van der Waals surface area contributed by atoms with Gasteiger partial charge in [-0.05, 0) is 23.3 Å². The summed E-state index contributed by atoms with van der Waals surface area (Å²) in [6.07, 6.45) is 1.57. The van der Waals surface area contributed by atoms with Gasteiger partial charge in [-0.15, -0.1) is 0 Å². The molecule has 0 fully saturated rings. The predicted molar refractivity (Wildman–Crippen MR) is 79.7 cm³/mol. The highest BCUT2D eigenvalue weighted by atomic mass is 35.5. The molecular weight excluding hydrogens is 292 g/mol.